The van der Waals surface area contributed by atoms with Crippen molar-refractivity contribution in [2.24, 2.45) is 0 Å². The van der Waals surface area contributed by atoms with E-state index >= 15 is 0 Å². The van der Waals surface area contributed by atoms with E-state index in [1.807, 2.05) is 6.92 Å². The van der Waals surface area contributed by atoms with Gasteiger partial charge in [-0.15, -0.1) is 0 Å². The highest BCUT2D eigenvalue weighted by atomic mass is 19.1. The monoisotopic (exact) mass is 337 g/mol. The van der Waals surface area contributed by atoms with Gasteiger partial charge in [0.05, 0.1) is 0 Å². The van der Waals surface area contributed by atoms with Crippen LogP contribution in [0.4, 0.5) is 8.78 Å². The molecule has 130 valence electrons. The summed E-state index contributed by atoms with van der Waals surface area (Å²) in [7, 11) is 0. The van der Waals surface area contributed by atoms with Crippen LogP contribution >= 0.6 is 0 Å². The molecule has 0 saturated carbocycles. The minimum Gasteiger partial charge on any atom is -0.343 e. The van der Waals surface area contributed by atoms with E-state index in [0.717, 1.165) is 24.6 Å². The number of halogens is 2. The second-order valence-corrected chi connectivity index (χ2v) is 6.41. The van der Waals surface area contributed by atoms with Gasteiger partial charge in [-0.25, -0.2) is 8.78 Å². The van der Waals surface area contributed by atoms with Gasteiger partial charge in [0.25, 0.3) is 0 Å². The molecule has 7 heteroatoms. The summed E-state index contributed by atoms with van der Waals surface area (Å²) in [6.07, 6.45) is 1.92. The number of rotatable bonds is 5. The number of carbonyl (C=O) groups is 2. The van der Waals surface area contributed by atoms with E-state index < -0.39 is 23.7 Å². The number of amides is 2. The molecule has 3 rings (SSSR count). The number of nitrogens with one attached hydrogen (secondary N) is 2. The quantitative estimate of drug-likeness (QED) is 0.852. The molecule has 2 amide bonds. The summed E-state index contributed by atoms with van der Waals surface area (Å²) in [4.78, 5) is 26.2. The van der Waals surface area contributed by atoms with Crippen molar-refractivity contribution in [1.29, 1.82) is 0 Å². The van der Waals surface area contributed by atoms with E-state index in [2.05, 4.69) is 10.6 Å². The highest BCUT2D eigenvalue weighted by Gasteiger charge is 2.45. The lowest BCUT2D eigenvalue weighted by molar-refractivity contribution is -0.147. The minimum atomic E-state index is -0.492. The molecule has 1 aromatic rings. The maximum Gasteiger partial charge on any atom is 0.245 e. The van der Waals surface area contributed by atoms with Crippen molar-refractivity contribution < 1.29 is 18.4 Å². The summed E-state index contributed by atoms with van der Waals surface area (Å²) < 4.78 is 26.9. The maximum absolute atomic E-state index is 13.7. The number of fused-ring (bicyclic) bond motifs is 1. The number of hydrogen-bond acceptors (Lipinski definition) is 3. The second-order valence-electron chi connectivity index (χ2n) is 6.41. The summed E-state index contributed by atoms with van der Waals surface area (Å²) in [5.41, 5.74) is 0.236. The molecule has 24 heavy (non-hydrogen) atoms. The lowest BCUT2D eigenvalue weighted by Crippen LogP contribution is -2.61. The van der Waals surface area contributed by atoms with E-state index in [0.29, 0.717) is 19.4 Å². The Morgan fingerprint density at radius 1 is 1.33 bits per heavy atom. The van der Waals surface area contributed by atoms with E-state index in [1.165, 1.54) is 0 Å². The lowest BCUT2D eigenvalue weighted by Gasteiger charge is -2.34. The van der Waals surface area contributed by atoms with Crippen LogP contribution in [-0.2, 0) is 16.1 Å². The van der Waals surface area contributed by atoms with Crippen LogP contribution in [0, 0.1) is 11.6 Å². The summed E-state index contributed by atoms with van der Waals surface area (Å²) in [6, 6.07) is 2.29. The number of hydrogen-bond donors (Lipinski definition) is 2. The summed E-state index contributed by atoms with van der Waals surface area (Å²) >= 11 is 0. The first-order valence-corrected chi connectivity index (χ1v) is 8.27. The third-order valence-electron chi connectivity index (χ3n) is 4.67. The number of nitrogens with zero attached hydrogens (tertiary/aromatic N) is 1. The fourth-order valence-corrected chi connectivity index (χ4v) is 3.42. The van der Waals surface area contributed by atoms with Crippen LogP contribution in [0.5, 0.6) is 0 Å². The second kappa shape index (κ2) is 6.84. The highest BCUT2D eigenvalue weighted by Crippen LogP contribution is 2.24. The van der Waals surface area contributed by atoms with Crippen LogP contribution < -0.4 is 10.6 Å². The zero-order valence-electron chi connectivity index (χ0n) is 13.5. The van der Waals surface area contributed by atoms with Crippen molar-refractivity contribution in [2.45, 2.75) is 50.9 Å². The molecule has 0 unspecified atom stereocenters. The van der Waals surface area contributed by atoms with Crippen LogP contribution in [-0.4, -0.2) is 41.4 Å². The van der Waals surface area contributed by atoms with Crippen molar-refractivity contribution >= 4 is 11.8 Å². The Kier molecular flexibility index (Phi) is 4.80. The Balaban J connectivity index is 1.63. The van der Waals surface area contributed by atoms with E-state index in [-0.39, 0.29) is 30.0 Å². The van der Waals surface area contributed by atoms with Crippen LogP contribution in [0.2, 0.25) is 0 Å². The molecular formula is C17H21F2N3O2. The van der Waals surface area contributed by atoms with E-state index in [1.54, 1.807) is 4.90 Å². The topological polar surface area (TPSA) is 61.4 Å². The molecule has 2 saturated heterocycles. The lowest BCUT2D eigenvalue weighted by atomic mass is 10.0. The van der Waals surface area contributed by atoms with Crippen molar-refractivity contribution in [1.82, 2.24) is 15.5 Å². The molecule has 0 radical (unpaired) electrons. The highest BCUT2D eigenvalue weighted by molar-refractivity contribution is 5.97. The van der Waals surface area contributed by atoms with Crippen molar-refractivity contribution in [3.05, 3.63) is 35.4 Å². The Labute approximate surface area is 139 Å². The van der Waals surface area contributed by atoms with E-state index in [9.17, 15) is 18.4 Å². The van der Waals surface area contributed by atoms with Gasteiger partial charge in [0.1, 0.15) is 23.7 Å². The summed E-state index contributed by atoms with van der Waals surface area (Å²) in [6.45, 7) is 2.53. The molecule has 2 heterocycles. The molecule has 5 nitrogen and oxygen atoms in total. The molecule has 0 aliphatic carbocycles. The Morgan fingerprint density at radius 3 is 2.88 bits per heavy atom. The maximum atomic E-state index is 13.7. The number of carbonyl (C=O) groups excluding carboxylic acids is 2. The number of benzene rings is 1. The molecule has 3 atom stereocenters. The third kappa shape index (κ3) is 3.26. The molecular weight excluding hydrogens is 316 g/mol. The average molecular weight is 337 g/mol. The SMILES string of the molecule is CCC[C@@H]1NC(=O)[C@@H]2C[C@H](NCc3cc(F)ccc3F)CN2C1=O. The molecule has 2 N–H and O–H groups in total. The zero-order chi connectivity index (χ0) is 17.3. The Bertz CT molecular complexity index is 653. The predicted octanol–water partition coefficient (Wildman–Crippen LogP) is 1.32. The predicted molar refractivity (Wildman–Crippen MR) is 83.9 cm³/mol. The fourth-order valence-electron chi connectivity index (χ4n) is 3.42. The third-order valence-corrected chi connectivity index (χ3v) is 4.67. The van der Waals surface area contributed by atoms with Crippen LogP contribution in [0.3, 0.4) is 0 Å². The smallest absolute Gasteiger partial charge is 0.245 e. The van der Waals surface area contributed by atoms with Gasteiger partial charge >= 0.3 is 0 Å². The molecule has 2 aliphatic rings. The molecule has 2 aliphatic heterocycles. The summed E-state index contributed by atoms with van der Waals surface area (Å²) in [5.74, 6) is -1.15. The molecule has 2 fully saturated rings. The molecule has 1 aromatic carbocycles. The van der Waals surface area contributed by atoms with Gasteiger partial charge in [-0.2, -0.15) is 0 Å². The van der Waals surface area contributed by atoms with Crippen molar-refractivity contribution in [3.63, 3.8) is 0 Å². The Hall–Kier alpha value is -2.02. The minimum absolute atomic E-state index is 0.0531. The van der Waals surface area contributed by atoms with Gasteiger partial charge in [0.15, 0.2) is 0 Å². The van der Waals surface area contributed by atoms with Crippen molar-refractivity contribution in [3.8, 4) is 0 Å². The normalized spacial score (nSPS) is 26.5. The first kappa shape index (κ1) is 16.8. The first-order chi connectivity index (χ1) is 11.5. The first-order valence-electron chi connectivity index (χ1n) is 8.27. The van der Waals surface area contributed by atoms with Gasteiger partial charge in [-0.1, -0.05) is 13.3 Å². The van der Waals surface area contributed by atoms with Gasteiger partial charge in [-0.3, -0.25) is 9.59 Å². The molecule has 0 bridgehead atoms. The molecule has 0 spiro atoms. The van der Waals surface area contributed by atoms with Crippen LogP contribution in [0.25, 0.3) is 0 Å². The van der Waals surface area contributed by atoms with Gasteiger partial charge in [0, 0.05) is 24.7 Å². The zero-order valence-corrected chi connectivity index (χ0v) is 13.5. The average Bonchev–Trinajstić information content (AvgIpc) is 2.98. The Morgan fingerprint density at radius 2 is 2.12 bits per heavy atom. The van der Waals surface area contributed by atoms with Gasteiger partial charge in [0.2, 0.25) is 11.8 Å². The van der Waals surface area contributed by atoms with Crippen molar-refractivity contribution in [2.75, 3.05) is 6.54 Å². The standard InChI is InChI=1S/C17H21F2N3O2/c1-2-3-14-17(24)22-9-12(7-15(22)16(23)21-14)20-8-10-6-11(18)4-5-13(10)19/h4-6,12,14-15,20H,2-3,7-9H2,1H3,(H,21,23)/t12-,14-,15-/m0/s1. The fraction of sp³-hybridized carbons (Fsp3) is 0.529. The van der Waals surface area contributed by atoms with E-state index in [4.69, 9.17) is 0 Å². The van der Waals surface area contributed by atoms with Gasteiger partial charge < -0.3 is 15.5 Å². The number of piperazine rings is 1. The molecule has 0 aromatic heterocycles. The summed E-state index contributed by atoms with van der Waals surface area (Å²) in [5, 5.41) is 5.91. The largest absolute Gasteiger partial charge is 0.343 e. The van der Waals surface area contributed by atoms with Crippen LogP contribution in [0.15, 0.2) is 18.2 Å². The van der Waals surface area contributed by atoms with Crippen LogP contribution in [0.1, 0.15) is 31.7 Å². The van der Waals surface area contributed by atoms with Gasteiger partial charge in [-0.05, 0) is 31.0 Å².